The van der Waals surface area contributed by atoms with Crippen LogP contribution >= 0.6 is 0 Å². The minimum atomic E-state index is -4.63. The van der Waals surface area contributed by atoms with Crippen molar-refractivity contribution in [2.75, 3.05) is 18.1 Å². The Morgan fingerprint density at radius 2 is 1.81 bits per heavy atom. The van der Waals surface area contributed by atoms with Crippen molar-refractivity contribution in [3.63, 3.8) is 0 Å². The third kappa shape index (κ3) is 3.79. The standard InChI is InChI=1S/C18H14F3NO4/c19-18(20,21)12-5-1-3-7-14(12)26-17(24)9-10-22-13-6-2-4-8-15(13)25-11-16(22)23/h1-8H,9-11H2. The van der Waals surface area contributed by atoms with Crippen LogP contribution in [-0.2, 0) is 15.8 Å². The smallest absolute Gasteiger partial charge is 0.419 e. The lowest BCUT2D eigenvalue weighted by molar-refractivity contribution is -0.142. The van der Waals surface area contributed by atoms with E-state index < -0.39 is 23.5 Å². The Labute approximate surface area is 146 Å². The van der Waals surface area contributed by atoms with Crippen molar-refractivity contribution in [1.29, 1.82) is 0 Å². The number of alkyl halides is 3. The van der Waals surface area contributed by atoms with Gasteiger partial charge in [-0.05, 0) is 24.3 Å². The molecule has 136 valence electrons. The number of carbonyl (C=O) groups excluding carboxylic acids is 2. The number of halogens is 3. The van der Waals surface area contributed by atoms with Gasteiger partial charge in [0.25, 0.3) is 5.91 Å². The molecule has 0 radical (unpaired) electrons. The Balaban J connectivity index is 1.68. The molecule has 3 rings (SSSR count). The van der Waals surface area contributed by atoms with Crippen LogP contribution < -0.4 is 14.4 Å². The molecule has 1 heterocycles. The van der Waals surface area contributed by atoms with Crippen molar-refractivity contribution < 1.29 is 32.2 Å². The second-order valence-electron chi connectivity index (χ2n) is 5.52. The normalized spacial score (nSPS) is 13.8. The number of amides is 1. The van der Waals surface area contributed by atoms with Crippen molar-refractivity contribution in [3.8, 4) is 11.5 Å². The van der Waals surface area contributed by atoms with E-state index >= 15 is 0 Å². The van der Waals surface area contributed by atoms with Crippen LogP contribution in [0.15, 0.2) is 48.5 Å². The summed E-state index contributed by atoms with van der Waals surface area (Å²) in [7, 11) is 0. The Morgan fingerprint density at radius 3 is 2.58 bits per heavy atom. The van der Waals surface area contributed by atoms with Crippen molar-refractivity contribution >= 4 is 17.6 Å². The molecule has 8 heteroatoms. The lowest BCUT2D eigenvalue weighted by Crippen LogP contribution is -2.40. The molecular formula is C18H14F3NO4. The summed E-state index contributed by atoms with van der Waals surface area (Å²) in [6.45, 7) is -0.185. The quantitative estimate of drug-likeness (QED) is 0.615. The van der Waals surface area contributed by atoms with Gasteiger partial charge in [-0.15, -0.1) is 0 Å². The zero-order valence-electron chi connectivity index (χ0n) is 13.5. The van der Waals surface area contributed by atoms with Gasteiger partial charge in [-0.1, -0.05) is 24.3 Å². The monoisotopic (exact) mass is 365 g/mol. The number of rotatable bonds is 4. The SMILES string of the molecule is O=C(CCN1C(=O)COc2ccccc21)Oc1ccccc1C(F)(F)F. The van der Waals surface area contributed by atoms with Gasteiger partial charge in [0.2, 0.25) is 0 Å². The largest absolute Gasteiger partial charge is 0.482 e. The van der Waals surface area contributed by atoms with Crippen molar-refractivity contribution in [2.45, 2.75) is 12.6 Å². The summed E-state index contributed by atoms with van der Waals surface area (Å²) >= 11 is 0. The van der Waals surface area contributed by atoms with E-state index in [1.165, 1.54) is 17.0 Å². The number of hydrogen-bond donors (Lipinski definition) is 0. The summed E-state index contributed by atoms with van der Waals surface area (Å²) in [5.41, 5.74) is -0.520. The summed E-state index contributed by atoms with van der Waals surface area (Å²) in [6.07, 6.45) is -4.89. The molecule has 0 spiro atoms. The Hall–Kier alpha value is -3.03. The highest BCUT2D eigenvalue weighted by atomic mass is 19.4. The molecule has 2 aromatic carbocycles. The van der Waals surface area contributed by atoms with Gasteiger partial charge in [0.1, 0.15) is 11.5 Å². The molecule has 0 fully saturated rings. The minimum absolute atomic E-state index is 0.0216. The molecule has 0 N–H and O–H groups in total. The zero-order valence-corrected chi connectivity index (χ0v) is 13.5. The second kappa shape index (κ2) is 7.07. The molecule has 1 aliphatic heterocycles. The Bertz CT molecular complexity index is 835. The molecule has 5 nitrogen and oxygen atoms in total. The van der Waals surface area contributed by atoms with Gasteiger partial charge in [-0.3, -0.25) is 9.59 Å². The summed E-state index contributed by atoms with van der Waals surface area (Å²) in [5.74, 6) is -1.26. The maximum absolute atomic E-state index is 12.9. The highest BCUT2D eigenvalue weighted by Gasteiger charge is 2.34. The van der Waals surface area contributed by atoms with Gasteiger partial charge >= 0.3 is 12.1 Å². The van der Waals surface area contributed by atoms with Crippen LogP contribution in [0.2, 0.25) is 0 Å². The lowest BCUT2D eigenvalue weighted by atomic mass is 10.2. The van der Waals surface area contributed by atoms with Crippen LogP contribution in [0.1, 0.15) is 12.0 Å². The van der Waals surface area contributed by atoms with Gasteiger partial charge in [-0.25, -0.2) is 0 Å². The number of nitrogens with zero attached hydrogens (tertiary/aromatic N) is 1. The molecular weight excluding hydrogens is 351 g/mol. The predicted molar refractivity (Wildman–Crippen MR) is 86.0 cm³/mol. The van der Waals surface area contributed by atoms with Crippen LogP contribution in [-0.4, -0.2) is 25.0 Å². The van der Waals surface area contributed by atoms with E-state index in [-0.39, 0.29) is 25.5 Å². The minimum Gasteiger partial charge on any atom is -0.482 e. The topological polar surface area (TPSA) is 55.8 Å². The van der Waals surface area contributed by atoms with Gasteiger partial charge in [0.05, 0.1) is 17.7 Å². The van der Waals surface area contributed by atoms with E-state index in [9.17, 15) is 22.8 Å². The summed E-state index contributed by atoms with van der Waals surface area (Å²) < 4.78 is 48.9. The number of carbonyl (C=O) groups is 2. The highest BCUT2D eigenvalue weighted by molar-refractivity contribution is 5.98. The first-order valence-electron chi connectivity index (χ1n) is 7.75. The second-order valence-corrected chi connectivity index (χ2v) is 5.52. The number of esters is 1. The molecule has 0 bridgehead atoms. The van der Waals surface area contributed by atoms with Crippen LogP contribution in [0, 0.1) is 0 Å². The Kier molecular flexibility index (Phi) is 4.83. The van der Waals surface area contributed by atoms with E-state index in [0.717, 1.165) is 12.1 Å². The van der Waals surface area contributed by atoms with Crippen molar-refractivity contribution in [1.82, 2.24) is 0 Å². The summed E-state index contributed by atoms with van der Waals surface area (Å²) in [6, 6.07) is 11.3. The number of para-hydroxylation sites is 3. The van der Waals surface area contributed by atoms with Gasteiger partial charge < -0.3 is 14.4 Å². The van der Waals surface area contributed by atoms with Gasteiger partial charge in [0.15, 0.2) is 6.61 Å². The number of ether oxygens (including phenoxy) is 2. The first-order chi connectivity index (χ1) is 12.4. The molecule has 1 aliphatic rings. The molecule has 0 atom stereocenters. The number of benzene rings is 2. The molecule has 0 aromatic heterocycles. The van der Waals surface area contributed by atoms with Crippen LogP contribution in [0.4, 0.5) is 18.9 Å². The molecule has 2 aromatic rings. The lowest BCUT2D eigenvalue weighted by Gasteiger charge is -2.29. The van der Waals surface area contributed by atoms with E-state index in [2.05, 4.69) is 0 Å². The van der Waals surface area contributed by atoms with Crippen LogP contribution in [0.3, 0.4) is 0 Å². The average Bonchev–Trinajstić information content (AvgIpc) is 2.60. The van der Waals surface area contributed by atoms with Crippen molar-refractivity contribution in [3.05, 3.63) is 54.1 Å². The van der Waals surface area contributed by atoms with E-state index in [0.29, 0.717) is 11.4 Å². The fourth-order valence-corrected chi connectivity index (χ4v) is 2.57. The van der Waals surface area contributed by atoms with Crippen molar-refractivity contribution in [2.24, 2.45) is 0 Å². The first-order valence-corrected chi connectivity index (χ1v) is 7.75. The molecule has 0 saturated carbocycles. The van der Waals surface area contributed by atoms with E-state index in [1.54, 1.807) is 24.3 Å². The zero-order chi connectivity index (χ0) is 18.7. The first kappa shape index (κ1) is 17.8. The molecule has 0 saturated heterocycles. The fraction of sp³-hybridized carbons (Fsp3) is 0.222. The van der Waals surface area contributed by atoms with Gasteiger partial charge in [-0.2, -0.15) is 13.2 Å². The summed E-state index contributed by atoms with van der Waals surface area (Å²) in [5, 5.41) is 0. The number of hydrogen-bond acceptors (Lipinski definition) is 4. The molecule has 1 amide bonds. The van der Waals surface area contributed by atoms with Gasteiger partial charge in [0, 0.05) is 6.54 Å². The number of anilines is 1. The number of fused-ring (bicyclic) bond motifs is 1. The van der Waals surface area contributed by atoms with Crippen LogP contribution in [0.5, 0.6) is 11.5 Å². The highest BCUT2D eigenvalue weighted by Crippen LogP contribution is 2.36. The summed E-state index contributed by atoms with van der Waals surface area (Å²) in [4.78, 5) is 25.4. The fourth-order valence-electron chi connectivity index (χ4n) is 2.57. The van der Waals surface area contributed by atoms with E-state index in [1.807, 2.05) is 0 Å². The Morgan fingerprint density at radius 1 is 1.12 bits per heavy atom. The maximum Gasteiger partial charge on any atom is 0.419 e. The maximum atomic E-state index is 12.9. The van der Waals surface area contributed by atoms with E-state index in [4.69, 9.17) is 9.47 Å². The predicted octanol–water partition coefficient (Wildman–Crippen LogP) is 3.43. The van der Waals surface area contributed by atoms with Crippen LogP contribution in [0.25, 0.3) is 0 Å². The third-order valence-corrected chi connectivity index (χ3v) is 3.76. The molecule has 0 aliphatic carbocycles. The molecule has 0 unspecified atom stereocenters. The third-order valence-electron chi connectivity index (χ3n) is 3.76. The average molecular weight is 365 g/mol. The molecule has 26 heavy (non-hydrogen) atoms.